The molecule has 0 atom stereocenters. The standard InChI is InChI=1S/C25H21BrN2O2S/c1-17-3-5-19(6-4-17)24(29)16-31-25-27-23(18-7-9-20(26)10-8-18)15-28(25)21-11-13-22(30-2)14-12-21/h3-15H,16H2,1-2H3. The average molecular weight is 493 g/mol. The van der Waals surface area contributed by atoms with E-state index in [1.165, 1.54) is 11.8 Å². The van der Waals surface area contributed by atoms with Crippen molar-refractivity contribution in [1.29, 1.82) is 0 Å². The second-order valence-electron chi connectivity index (χ2n) is 7.06. The molecule has 4 nitrogen and oxygen atoms in total. The van der Waals surface area contributed by atoms with Gasteiger partial charge in [0.05, 0.1) is 18.6 Å². The first-order valence-corrected chi connectivity index (χ1v) is 11.5. The molecule has 0 spiro atoms. The molecule has 0 aliphatic carbocycles. The lowest BCUT2D eigenvalue weighted by Crippen LogP contribution is -2.04. The van der Waals surface area contributed by atoms with Crippen LogP contribution in [0.2, 0.25) is 0 Å². The molecule has 0 saturated carbocycles. The summed E-state index contributed by atoms with van der Waals surface area (Å²) in [4.78, 5) is 17.5. The molecule has 3 aromatic carbocycles. The van der Waals surface area contributed by atoms with Crippen molar-refractivity contribution in [3.8, 4) is 22.7 Å². The molecule has 156 valence electrons. The van der Waals surface area contributed by atoms with Crippen LogP contribution in [0, 0.1) is 6.92 Å². The number of carbonyl (C=O) groups excluding carboxylic acids is 1. The highest BCUT2D eigenvalue weighted by atomic mass is 79.9. The lowest BCUT2D eigenvalue weighted by molar-refractivity contribution is 0.102. The van der Waals surface area contributed by atoms with Crippen molar-refractivity contribution in [2.24, 2.45) is 0 Å². The Kier molecular flexibility index (Phi) is 6.59. The Hall–Kier alpha value is -2.83. The second kappa shape index (κ2) is 9.54. The Labute approximate surface area is 194 Å². The number of halogens is 1. The number of methoxy groups -OCH3 is 1. The van der Waals surface area contributed by atoms with Gasteiger partial charge in [-0.05, 0) is 43.3 Å². The second-order valence-corrected chi connectivity index (χ2v) is 8.92. The molecule has 4 rings (SSSR count). The summed E-state index contributed by atoms with van der Waals surface area (Å²) in [6.45, 7) is 2.01. The van der Waals surface area contributed by atoms with Gasteiger partial charge in [0.2, 0.25) is 0 Å². The molecular weight excluding hydrogens is 472 g/mol. The number of aromatic nitrogens is 2. The number of thioether (sulfide) groups is 1. The minimum absolute atomic E-state index is 0.0828. The lowest BCUT2D eigenvalue weighted by atomic mass is 10.1. The van der Waals surface area contributed by atoms with Gasteiger partial charge in [-0.1, -0.05) is 69.7 Å². The van der Waals surface area contributed by atoms with Crippen molar-refractivity contribution in [2.75, 3.05) is 12.9 Å². The molecule has 0 saturated heterocycles. The molecular formula is C25H21BrN2O2S. The van der Waals surface area contributed by atoms with Gasteiger partial charge in [0.1, 0.15) is 5.75 Å². The van der Waals surface area contributed by atoms with Gasteiger partial charge in [-0.25, -0.2) is 4.98 Å². The van der Waals surface area contributed by atoms with Crippen molar-refractivity contribution in [2.45, 2.75) is 12.1 Å². The van der Waals surface area contributed by atoms with Crippen LogP contribution in [0.15, 0.2) is 88.6 Å². The van der Waals surface area contributed by atoms with Crippen molar-refractivity contribution < 1.29 is 9.53 Å². The zero-order valence-electron chi connectivity index (χ0n) is 17.2. The molecule has 0 aliphatic rings. The summed E-state index contributed by atoms with van der Waals surface area (Å²) in [6, 6.07) is 23.5. The van der Waals surface area contributed by atoms with E-state index in [9.17, 15) is 4.79 Å². The summed E-state index contributed by atoms with van der Waals surface area (Å²) >= 11 is 4.92. The number of carbonyl (C=O) groups is 1. The summed E-state index contributed by atoms with van der Waals surface area (Å²) in [5.74, 6) is 1.19. The number of Topliss-reactive ketones (excluding diaryl/α,β-unsaturated/α-hetero) is 1. The van der Waals surface area contributed by atoms with Crippen LogP contribution in [0.25, 0.3) is 16.9 Å². The van der Waals surface area contributed by atoms with Crippen molar-refractivity contribution in [1.82, 2.24) is 9.55 Å². The van der Waals surface area contributed by atoms with Gasteiger partial charge in [0.25, 0.3) is 0 Å². The van der Waals surface area contributed by atoms with E-state index in [1.807, 2.05) is 90.5 Å². The van der Waals surface area contributed by atoms with E-state index in [0.717, 1.165) is 37.9 Å². The highest BCUT2D eigenvalue weighted by Gasteiger charge is 2.15. The molecule has 31 heavy (non-hydrogen) atoms. The largest absolute Gasteiger partial charge is 0.497 e. The summed E-state index contributed by atoms with van der Waals surface area (Å²) in [6.07, 6.45) is 2.00. The van der Waals surface area contributed by atoms with Gasteiger partial charge in [0.15, 0.2) is 10.9 Å². The zero-order valence-corrected chi connectivity index (χ0v) is 19.6. The van der Waals surface area contributed by atoms with E-state index in [1.54, 1.807) is 7.11 Å². The predicted molar refractivity (Wildman–Crippen MR) is 129 cm³/mol. The van der Waals surface area contributed by atoms with Crippen molar-refractivity contribution >= 4 is 33.5 Å². The first-order valence-electron chi connectivity index (χ1n) is 9.76. The fraction of sp³-hybridized carbons (Fsp3) is 0.120. The van der Waals surface area contributed by atoms with Gasteiger partial charge in [-0.3, -0.25) is 9.36 Å². The molecule has 0 amide bonds. The van der Waals surface area contributed by atoms with Gasteiger partial charge in [-0.15, -0.1) is 0 Å². The molecule has 0 radical (unpaired) electrons. The fourth-order valence-electron chi connectivity index (χ4n) is 3.11. The quantitative estimate of drug-likeness (QED) is 0.215. The Balaban J connectivity index is 1.64. The van der Waals surface area contributed by atoms with Crippen LogP contribution in [0.1, 0.15) is 15.9 Å². The summed E-state index contributed by atoms with van der Waals surface area (Å²) in [7, 11) is 1.65. The number of hydrogen-bond donors (Lipinski definition) is 0. The Morgan fingerprint density at radius 2 is 1.68 bits per heavy atom. The van der Waals surface area contributed by atoms with E-state index in [0.29, 0.717) is 11.3 Å². The van der Waals surface area contributed by atoms with Crippen LogP contribution >= 0.6 is 27.7 Å². The number of ether oxygens (including phenoxy) is 1. The molecule has 6 heteroatoms. The number of hydrogen-bond acceptors (Lipinski definition) is 4. The number of aryl methyl sites for hydroxylation is 1. The van der Waals surface area contributed by atoms with Gasteiger partial charge < -0.3 is 4.74 Å². The first kappa shape index (κ1) is 21.4. The van der Waals surface area contributed by atoms with E-state index in [2.05, 4.69) is 15.9 Å². The number of nitrogens with zero attached hydrogens (tertiary/aromatic N) is 2. The third-order valence-electron chi connectivity index (χ3n) is 4.87. The maximum atomic E-state index is 12.7. The minimum atomic E-state index is 0.0828. The van der Waals surface area contributed by atoms with Crippen LogP contribution < -0.4 is 4.74 Å². The average Bonchev–Trinajstić information content (AvgIpc) is 3.22. The summed E-state index contributed by atoms with van der Waals surface area (Å²) in [5, 5.41) is 0.767. The Morgan fingerprint density at radius 3 is 2.32 bits per heavy atom. The number of ketones is 1. The van der Waals surface area contributed by atoms with E-state index >= 15 is 0 Å². The molecule has 0 fully saturated rings. The first-order chi connectivity index (χ1) is 15.0. The minimum Gasteiger partial charge on any atom is -0.497 e. The van der Waals surface area contributed by atoms with E-state index in [-0.39, 0.29) is 5.78 Å². The highest BCUT2D eigenvalue weighted by molar-refractivity contribution is 9.10. The molecule has 1 heterocycles. The molecule has 0 aliphatic heterocycles. The molecule has 4 aromatic rings. The van der Waals surface area contributed by atoms with E-state index < -0.39 is 0 Å². The Morgan fingerprint density at radius 1 is 1.00 bits per heavy atom. The topological polar surface area (TPSA) is 44.1 Å². The predicted octanol–water partition coefficient (Wildman–Crippen LogP) is 6.59. The maximum Gasteiger partial charge on any atom is 0.173 e. The monoisotopic (exact) mass is 492 g/mol. The van der Waals surface area contributed by atoms with Crippen LogP contribution in [0.5, 0.6) is 5.75 Å². The summed E-state index contributed by atoms with van der Waals surface area (Å²) in [5.41, 5.74) is 4.69. The molecule has 0 N–H and O–H groups in total. The van der Waals surface area contributed by atoms with E-state index in [4.69, 9.17) is 9.72 Å². The van der Waals surface area contributed by atoms with Crippen LogP contribution in [-0.4, -0.2) is 28.2 Å². The number of benzene rings is 3. The van der Waals surface area contributed by atoms with Gasteiger partial charge >= 0.3 is 0 Å². The van der Waals surface area contributed by atoms with Gasteiger partial charge in [0, 0.05) is 27.5 Å². The van der Waals surface area contributed by atoms with Crippen molar-refractivity contribution in [3.05, 3.63) is 94.6 Å². The highest BCUT2D eigenvalue weighted by Crippen LogP contribution is 2.29. The van der Waals surface area contributed by atoms with Crippen molar-refractivity contribution in [3.63, 3.8) is 0 Å². The molecule has 0 bridgehead atoms. The SMILES string of the molecule is COc1ccc(-n2cc(-c3ccc(Br)cc3)nc2SCC(=O)c2ccc(C)cc2)cc1. The third kappa shape index (κ3) is 5.09. The third-order valence-corrected chi connectivity index (χ3v) is 6.35. The van der Waals surface area contributed by atoms with Crippen LogP contribution in [0.4, 0.5) is 0 Å². The van der Waals surface area contributed by atoms with Crippen LogP contribution in [0.3, 0.4) is 0 Å². The number of imidazole rings is 1. The lowest BCUT2D eigenvalue weighted by Gasteiger charge is -2.08. The van der Waals surface area contributed by atoms with Crippen LogP contribution in [-0.2, 0) is 0 Å². The zero-order chi connectivity index (χ0) is 21.8. The smallest absolute Gasteiger partial charge is 0.173 e. The number of rotatable bonds is 7. The molecule has 0 unspecified atom stereocenters. The Bertz CT molecular complexity index is 1180. The summed E-state index contributed by atoms with van der Waals surface area (Å²) < 4.78 is 8.31. The van der Waals surface area contributed by atoms with Gasteiger partial charge in [-0.2, -0.15) is 0 Å². The normalized spacial score (nSPS) is 10.8. The maximum absolute atomic E-state index is 12.7. The fourth-order valence-corrected chi connectivity index (χ4v) is 4.26. The molecule has 1 aromatic heterocycles.